The maximum Gasteiger partial charge on any atom is 0.0678 e. The maximum atomic E-state index is 6.20. The summed E-state index contributed by atoms with van der Waals surface area (Å²) in [5.74, 6) is 0. The van der Waals surface area contributed by atoms with Gasteiger partial charge in [-0.25, -0.2) is 0 Å². The number of nitrogens with zero attached hydrogens (tertiary/aromatic N) is 1. The van der Waals surface area contributed by atoms with Crippen molar-refractivity contribution in [1.29, 1.82) is 0 Å². The van der Waals surface area contributed by atoms with Gasteiger partial charge in [0.15, 0.2) is 0 Å². The van der Waals surface area contributed by atoms with Crippen molar-refractivity contribution in [3.05, 3.63) is 33.8 Å². The standard InChI is InChI=1S/C13H17Cl2NO/c1-9-6-16(7-10(2)17-9)8-11-4-3-5-12(14)13(11)15/h3-5,9-10H,6-8H2,1-2H3/t9-,10-/m1/s1. The molecule has 1 aliphatic rings. The molecule has 0 bridgehead atoms. The van der Waals surface area contributed by atoms with Gasteiger partial charge in [-0.3, -0.25) is 4.90 Å². The summed E-state index contributed by atoms with van der Waals surface area (Å²) in [6, 6.07) is 5.79. The average Bonchev–Trinajstić information content (AvgIpc) is 2.23. The van der Waals surface area contributed by atoms with Gasteiger partial charge in [-0.05, 0) is 25.5 Å². The molecule has 94 valence electrons. The Balaban J connectivity index is 2.07. The van der Waals surface area contributed by atoms with Crippen LogP contribution in [-0.2, 0) is 11.3 Å². The molecule has 0 spiro atoms. The van der Waals surface area contributed by atoms with Gasteiger partial charge in [-0.15, -0.1) is 0 Å². The van der Waals surface area contributed by atoms with Crippen LogP contribution < -0.4 is 0 Å². The van der Waals surface area contributed by atoms with Crippen LogP contribution in [0.3, 0.4) is 0 Å². The maximum absolute atomic E-state index is 6.20. The highest BCUT2D eigenvalue weighted by molar-refractivity contribution is 6.42. The summed E-state index contributed by atoms with van der Waals surface area (Å²) in [5.41, 5.74) is 1.08. The lowest BCUT2D eigenvalue weighted by Crippen LogP contribution is -2.44. The van der Waals surface area contributed by atoms with Crippen LogP contribution >= 0.6 is 23.2 Å². The molecule has 0 aromatic heterocycles. The summed E-state index contributed by atoms with van der Waals surface area (Å²) >= 11 is 12.2. The van der Waals surface area contributed by atoms with Gasteiger partial charge in [-0.2, -0.15) is 0 Å². The summed E-state index contributed by atoms with van der Waals surface area (Å²) in [4.78, 5) is 2.36. The molecule has 0 unspecified atom stereocenters. The molecule has 0 saturated carbocycles. The molecule has 0 aliphatic carbocycles. The Labute approximate surface area is 112 Å². The van der Waals surface area contributed by atoms with Crippen LogP contribution in [0.1, 0.15) is 19.4 Å². The van der Waals surface area contributed by atoms with Gasteiger partial charge in [0.25, 0.3) is 0 Å². The van der Waals surface area contributed by atoms with Crippen molar-refractivity contribution in [3.63, 3.8) is 0 Å². The first-order chi connectivity index (χ1) is 8.06. The Kier molecular flexibility index (Phi) is 4.31. The van der Waals surface area contributed by atoms with Crippen molar-refractivity contribution >= 4 is 23.2 Å². The second-order valence-electron chi connectivity index (χ2n) is 4.66. The van der Waals surface area contributed by atoms with Crippen molar-refractivity contribution in [3.8, 4) is 0 Å². The van der Waals surface area contributed by atoms with Gasteiger partial charge >= 0.3 is 0 Å². The number of benzene rings is 1. The van der Waals surface area contributed by atoms with E-state index in [0.29, 0.717) is 10.0 Å². The minimum atomic E-state index is 0.275. The van der Waals surface area contributed by atoms with E-state index in [4.69, 9.17) is 27.9 Å². The summed E-state index contributed by atoms with van der Waals surface area (Å²) in [5, 5.41) is 1.29. The highest BCUT2D eigenvalue weighted by Crippen LogP contribution is 2.27. The lowest BCUT2D eigenvalue weighted by atomic mass is 10.1. The van der Waals surface area contributed by atoms with E-state index in [1.807, 2.05) is 18.2 Å². The SMILES string of the molecule is C[C@@H]1CN(Cc2cccc(Cl)c2Cl)C[C@@H](C)O1. The fourth-order valence-corrected chi connectivity index (χ4v) is 2.70. The van der Waals surface area contributed by atoms with Crippen LogP contribution in [-0.4, -0.2) is 30.2 Å². The molecular formula is C13H17Cl2NO. The molecule has 2 atom stereocenters. The molecule has 17 heavy (non-hydrogen) atoms. The molecule has 2 nitrogen and oxygen atoms in total. The molecule has 0 amide bonds. The van der Waals surface area contributed by atoms with E-state index in [2.05, 4.69) is 18.7 Å². The quantitative estimate of drug-likeness (QED) is 0.817. The molecule has 1 aromatic carbocycles. The highest BCUT2D eigenvalue weighted by atomic mass is 35.5. The normalized spacial score (nSPS) is 26.1. The number of hydrogen-bond acceptors (Lipinski definition) is 2. The van der Waals surface area contributed by atoms with Gasteiger partial charge in [0, 0.05) is 19.6 Å². The van der Waals surface area contributed by atoms with Gasteiger partial charge in [-0.1, -0.05) is 35.3 Å². The zero-order chi connectivity index (χ0) is 12.4. The van der Waals surface area contributed by atoms with Crippen LogP contribution in [0, 0.1) is 0 Å². The van der Waals surface area contributed by atoms with Gasteiger partial charge in [0.1, 0.15) is 0 Å². The van der Waals surface area contributed by atoms with E-state index < -0.39 is 0 Å². The molecule has 0 radical (unpaired) electrons. The van der Waals surface area contributed by atoms with Crippen LogP contribution in [0.15, 0.2) is 18.2 Å². The molecule has 1 fully saturated rings. The topological polar surface area (TPSA) is 12.5 Å². The van der Waals surface area contributed by atoms with E-state index in [1.54, 1.807) is 0 Å². The third kappa shape index (κ3) is 3.35. The smallest absolute Gasteiger partial charge is 0.0678 e. The Morgan fingerprint density at radius 1 is 1.24 bits per heavy atom. The fourth-order valence-electron chi connectivity index (χ4n) is 2.32. The first-order valence-electron chi connectivity index (χ1n) is 5.87. The van der Waals surface area contributed by atoms with Crippen molar-refractivity contribution < 1.29 is 4.74 Å². The van der Waals surface area contributed by atoms with Crippen LogP contribution in [0.2, 0.25) is 10.0 Å². The first-order valence-corrected chi connectivity index (χ1v) is 6.62. The number of ether oxygens (including phenoxy) is 1. The largest absolute Gasteiger partial charge is 0.373 e. The molecule has 1 heterocycles. The zero-order valence-electron chi connectivity index (χ0n) is 10.1. The van der Waals surface area contributed by atoms with E-state index in [0.717, 1.165) is 25.2 Å². The van der Waals surface area contributed by atoms with Crippen LogP contribution in [0.5, 0.6) is 0 Å². The van der Waals surface area contributed by atoms with Crippen molar-refractivity contribution in [2.45, 2.75) is 32.6 Å². The molecule has 4 heteroatoms. The lowest BCUT2D eigenvalue weighted by molar-refractivity contribution is -0.0704. The van der Waals surface area contributed by atoms with E-state index in [9.17, 15) is 0 Å². The van der Waals surface area contributed by atoms with Gasteiger partial charge in [0.2, 0.25) is 0 Å². The Morgan fingerprint density at radius 3 is 2.53 bits per heavy atom. The number of hydrogen-bond donors (Lipinski definition) is 0. The van der Waals surface area contributed by atoms with Crippen LogP contribution in [0.4, 0.5) is 0 Å². The highest BCUT2D eigenvalue weighted by Gasteiger charge is 2.22. The molecular weight excluding hydrogens is 257 g/mol. The molecule has 1 aliphatic heterocycles. The zero-order valence-corrected chi connectivity index (χ0v) is 11.6. The monoisotopic (exact) mass is 273 g/mol. The third-order valence-electron chi connectivity index (χ3n) is 2.92. The fraction of sp³-hybridized carbons (Fsp3) is 0.538. The second-order valence-corrected chi connectivity index (χ2v) is 5.45. The first kappa shape index (κ1) is 13.2. The molecule has 0 N–H and O–H groups in total. The summed E-state index contributed by atoms with van der Waals surface area (Å²) in [7, 11) is 0. The Bertz CT molecular complexity index is 387. The summed E-state index contributed by atoms with van der Waals surface area (Å²) < 4.78 is 5.71. The van der Waals surface area contributed by atoms with Crippen LogP contribution in [0.25, 0.3) is 0 Å². The molecule has 1 aromatic rings. The number of morpholine rings is 1. The minimum absolute atomic E-state index is 0.275. The Hall–Kier alpha value is -0.280. The van der Waals surface area contributed by atoms with E-state index >= 15 is 0 Å². The van der Waals surface area contributed by atoms with Crippen molar-refractivity contribution in [2.24, 2.45) is 0 Å². The van der Waals surface area contributed by atoms with Crippen molar-refractivity contribution in [1.82, 2.24) is 4.90 Å². The third-order valence-corrected chi connectivity index (χ3v) is 3.78. The van der Waals surface area contributed by atoms with E-state index in [1.165, 1.54) is 0 Å². The molecule has 2 rings (SSSR count). The predicted molar refractivity (Wildman–Crippen MR) is 71.7 cm³/mol. The van der Waals surface area contributed by atoms with Gasteiger partial charge < -0.3 is 4.74 Å². The average molecular weight is 274 g/mol. The number of halogens is 2. The summed E-state index contributed by atoms with van der Waals surface area (Å²) in [6.07, 6.45) is 0.549. The lowest BCUT2D eigenvalue weighted by Gasteiger charge is -2.35. The number of rotatable bonds is 2. The predicted octanol–water partition coefficient (Wildman–Crippen LogP) is 3.60. The minimum Gasteiger partial charge on any atom is -0.373 e. The van der Waals surface area contributed by atoms with Gasteiger partial charge in [0.05, 0.1) is 22.3 Å². The second kappa shape index (κ2) is 5.57. The summed E-state index contributed by atoms with van der Waals surface area (Å²) in [6.45, 7) is 6.91. The van der Waals surface area contributed by atoms with Crippen molar-refractivity contribution in [2.75, 3.05) is 13.1 Å². The molecule has 1 saturated heterocycles. The Morgan fingerprint density at radius 2 is 1.88 bits per heavy atom. The van der Waals surface area contributed by atoms with E-state index in [-0.39, 0.29) is 12.2 Å².